The summed E-state index contributed by atoms with van der Waals surface area (Å²) >= 11 is 0. The first-order valence-corrected chi connectivity index (χ1v) is 14.5. The third-order valence-corrected chi connectivity index (χ3v) is 7.98. The van der Waals surface area contributed by atoms with Gasteiger partial charge in [-0.05, 0) is 88.0 Å². The predicted molar refractivity (Wildman–Crippen MR) is 185 cm³/mol. The van der Waals surface area contributed by atoms with Crippen LogP contribution >= 0.6 is 0 Å². The van der Waals surface area contributed by atoms with E-state index in [0.717, 1.165) is 61.3 Å². The van der Waals surface area contributed by atoms with Crippen LogP contribution in [0.1, 0.15) is 6.85 Å². The summed E-state index contributed by atoms with van der Waals surface area (Å²) in [5, 5.41) is 2.17. The zero-order chi connectivity index (χ0) is 33.6. The van der Waals surface area contributed by atoms with E-state index in [-0.39, 0.29) is 29.7 Å². The number of hydrogen-bond acceptors (Lipinski definition) is 2. The number of fused-ring (bicyclic) bond motifs is 3. The molecule has 0 spiro atoms. The van der Waals surface area contributed by atoms with Crippen LogP contribution in [0.4, 0.5) is 17.1 Å². The van der Waals surface area contributed by atoms with E-state index in [1.54, 1.807) is 0 Å². The quantitative estimate of drug-likeness (QED) is 0.198. The number of para-hydroxylation sites is 1. The molecule has 0 radical (unpaired) electrons. The smallest absolute Gasteiger partial charge is 0.135 e. The van der Waals surface area contributed by atoms with Gasteiger partial charge < -0.3 is 9.32 Å². The minimum Gasteiger partial charge on any atom is -0.456 e. The molecule has 2 heteroatoms. The second-order valence-electron chi connectivity index (χ2n) is 10.7. The fourth-order valence-corrected chi connectivity index (χ4v) is 5.76. The van der Waals surface area contributed by atoms with Crippen molar-refractivity contribution in [3.05, 3.63) is 176 Å². The molecule has 0 saturated heterocycles. The van der Waals surface area contributed by atoms with E-state index in [9.17, 15) is 0 Å². The first kappa shape index (κ1) is 20.9. The van der Waals surface area contributed by atoms with Crippen molar-refractivity contribution >= 4 is 39.0 Å². The van der Waals surface area contributed by atoms with Crippen LogP contribution in [0.15, 0.2) is 180 Å². The SMILES string of the molecule is [2H]c1c([2H])c([2H])c(-c2ccc(N(c3ccc(-c4ccccc4)cc3)c3ccc(-c4ccc5oc6ccccc6c5c4)cc3)cc2)c([2H])c1[2H]. The lowest BCUT2D eigenvalue weighted by molar-refractivity contribution is 0.669. The average molecular weight is 569 g/mol. The maximum absolute atomic E-state index is 8.45. The van der Waals surface area contributed by atoms with Crippen LogP contribution in [-0.4, -0.2) is 0 Å². The molecule has 0 amide bonds. The molecule has 8 aromatic rings. The Bertz CT molecular complexity index is 2440. The number of rotatable bonds is 6. The van der Waals surface area contributed by atoms with Crippen molar-refractivity contribution in [3.8, 4) is 33.4 Å². The van der Waals surface area contributed by atoms with Gasteiger partial charge in [-0.15, -0.1) is 0 Å². The van der Waals surface area contributed by atoms with E-state index in [2.05, 4.69) is 83.8 Å². The van der Waals surface area contributed by atoms with Crippen molar-refractivity contribution in [2.45, 2.75) is 0 Å². The maximum Gasteiger partial charge on any atom is 0.135 e. The van der Waals surface area contributed by atoms with E-state index in [4.69, 9.17) is 11.3 Å². The molecular weight excluding hydrogens is 534 g/mol. The van der Waals surface area contributed by atoms with Gasteiger partial charge in [-0.3, -0.25) is 0 Å². The van der Waals surface area contributed by atoms with Crippen molar-refractivity contribution in [3.63, 3.8) is 0 Å². The number of nitrogens with zero attached hydrogens (tertiary/aromatic N) is 1. The van der Waals surface area contributed by atoms with Crippen LogP contribution in [0.5, 0.6) is 0 Å². The molecule has 0 N–H and O–H groups in total. The lowest BCUT2D eigenvalue weighted by Gasteiger charge is -2.26. The van der Waals surface area contributed by atoms with E-state index in [0.29, 0.717) is 5.56 Å². The lowest BCUT2D eigenvalue weighted by atomic mass is 10.0. The zero-order valence-corrected chi connectivity index (χ0v) is 23.7. The standard InChI is InChI=1S/C42H29NO/c1-3-9-30(10-4-1)32-15-22-36(23-16-32)43(37-24-17-33(18-25-37)31-11-5-2-6-12-31)38-26-19-34(20-27-38)35-21-28-42-40(29-35)39-13-7-8-14-41(39)44-42/h1-29H/i1D,3D,4D,9D,10D. The zero-order valence-electron chi connectivity index (χ0n) is 28.7. The molecule has 0 aliphatic heterocycles. The maximum atomic E-state index is 8.45. The van der Waals surface area contributed by atoms with Gasteiger partial charge in [0.05, 0.1) is 6.85 Å². The first-order chi connectivity index (χ1) is 23.9. The van der Waals surface area contributed by atoms with Gasteiger partial charge in [-0.1, -0.05) is 121 Å². The van der Waals surface area contributed by atoms with Gasteiger partial charge in [0.1, 0.15) is 11.2 Å². The van der Waals surface area contributed by atoms with Gasteiger partial charge >= 0.3 is 0 Å². The highest BCUT2D eigenvalue weighted by atomic mass is 16.3. The van der Waals surface area contributed by atoms with Crippen LogP contribution < -0.4 is 4.90 Å². The Balaban J connectivity index is 1.19. The van der Waals surface area contributed by atoms with Crippen LogP contribution in [0.2, 0.25) is 0 Å². The summed E-state index contributed by atoms with van der Waals surface area (Å²) in [6.07, 6.45) is 0. The minimum absolute atomic E-state index is 0.183. The average Bonchev–Trinajstić information content (AvgIpc) is 3.53. The van der Waals surface area contributed by atoms with E-state index >= 15 is 0 Å². The number of benzene rings is 7. The van der Waals surface area contributed by atoms with Crippen molar-refractivity contribution < 1.29 is 11.3 Å². The number of hydrogen-bond donors (Lipinski definition) is 0. The Morgan fingerprint density at radius 1 is 0.386 bits per heavy atom. The molecule has 0 unspecified atom stereocenters. The molecule has 0 fully saturated rings. The highest BCUT2D eigenvalue weighted by molar-refractivity contribution is 6.06. The van der Waals surface area contributed by atoms with Crippen LogP contribution in [0.25, 0.3) is 55.3 Å². The largest absolute Gasteiger partial charge is 0.456 e. The van der Waals surface area contributed by atoms with E-state index in [1.165, 1.54) is 0 Å². The van der Waals surface area contributed by atoms with Gasteiger partial charge in [0, 0.05) is 27.8 Å². The Labute approximate surface area is 264 Å². The monoisotopic (exact) mass is 568 g/mol. The molecule has 0 bridgehead atoms. The summed E-state index contributed by atoms with van der Waals surface area (Å²) in [5.41, 5.74) is 9.64. The second kappa shape index (κ2) is 11.1. The van der Waals surface area contributed by atoms with Crippen molar-refractivity contribution in [1.29, 1.82) is 0 Å². The van der Waals surface area contributed by atoms with Gasteiger partial charge in [0.2, 0.25) is 0 Å². The molecule has 8 rings (SSSR count). The molecule has 0 saturated carbocycles. The summed E-state index contributed by atoms with van der Waals surface area (Å²) in [6.45, 7) is 0. The molecular formula is C42H29NO. The Morgan fingerprint density at radius 2 is 0.864 bits per heavy atom. The molecule has 0 aliphatic rings. The highest BCUT2D eigenvalue weighted by Gasteiger charge is 2.14. The number of anilines is 3. The highest BCUT2D eigenvalue weighted by Crippen LogP contribution is 2.38. The Kier molecular flexibility index (Phi) is 5.27. The van der Waals surface area contributed by atoms with Crippen LogP contribution in [-0.2, 0) is 0 Å². The van der Waals surface area contributed by atoms with Gasteiger partial charge in [0.25, 0.3) is 0 Å². The van der Waals surface area contributed by atoms with Crippen LogP contribution in [0, 0.1) is 0 Å². The van der Waals surface area contributed by atoms with Gasteiger partial charge in [-0.25, -0.2) is 0 Å². The third-order valence-electron chi connectivity index (χ3n) is 7.98. The molecule has 0 atom stereocenters. The van der Waals surface area contributed by atoms with E-state index in [1.807, 2.05) is 66.7 Å². The summed E-state index contributed by atoms with van der Waals surface area (Å²) in [7, 11) is 0. The Hall–Kier alpha value is -5.86. The fraction of sp³-hybridized carbons (Fsp3) is 0. The summed E-state index contributed by atoms with van der Waals surface area (Å²) in [4.78, 5) is 2.15. The minimum atomic E-state index is -0.401. The Morgan fingerprint density at radius 3 is 1.50 bits per heavy atom. The second-order valence-corrected chi connectivity index (χ2v) is 10.7. The first-order valence-electron chi connectivity index (χ1n) is 17.0. The van der Waals surface area contributed by atoms with Crippen LogP contribution in [0.3, 0.4) is 0 Å². The van der Waals surface area contributed by atoms with Crippen molar-refractivity contribution in [2.75, 3.05) is 4.90 Å². The molecule has 44 heavy (non-hydrogen) atoms. The van der Waals surface area contributed by atoms with Gasteiger partial charge in [-0.2, -0.15) is 0 Å². The molecule has 7 aromatic carbocycles. The van der Waals surface area contributed by atoms with Crippen molar-refractivity contribution in [1.82, 2.24) is 0 Å². The summed E-state index contributed by atoms with van der Waals surface area (Å²) in [6, 6.07) is 47.4. The van der Waals surface area contributed by atoms with E-state index < -0.39 is 6.04 Å². The molecule has 1 aromatic heterocycles. The molecule has 1 heterocycles. The topological polar surface area (TPSA) is 16.4 Å². The van der Waals surface area contributed by atoms with Crippen molar-refractivity contribution in [2.24, 2.45) is 0 Å². The van der Waals surface area contributed by atoms with Gasteiger partial charge in [0.15, 0.2) is 0 Å². The third kappa shape index (κ3) is 4.83. The lowest BCUT2D eigenvalue weighted by Crippen LogP contribution is -2.09. The predicted octanol–water partition coefficient (Wildman–Crippen LogP) is 12.1. The summed E-state index contributed by atoms with van der Waals surface area (Å²) in [5.74, 6) is 0. The molecule has 2 nitrogen and oxygen atoms in total. The fourth-order valence-electron chi connectivity index (χ4n) is 5.76. The molecule has 0 aliphatic carbocycles. The molecule has 208 valence electrons. The number of furan rings is 1. The normalized spacial score (nSPS) is 12.8. The summed E-state index contributed by atoms with van der Waals surface area (Å²) < 4.78 is 47.2.